The molecule has 0 radical (unpaired) electrons. The molecule has 0 aromatic carbocycles. The van der Waals surface area contributed by atoms with Crippen molar-refractivity contribution >= 4 is 35.5 Å². The molecule has 2 aromatic rings. The van der Waals surface area contributed by atoms with Crippen LogP contribution in [-0.4, -0.2) is 85.4 Å². The summed E-state index contributed by atoms with van der Waals surface area (Å²) in [5.41, 5.74) is 0.493. The van der Waals surface area contributed by atoms with Crippen molar-refractivity contribution in [3.63, 3.8) is 0 Å². The highest BCUT2D eigenvalue weighted by molar-refractivity contribution is 5.92. The molecule has 3 rings (SSSR count). The maximum absolute atomic E-state index is 12.4. The molecule has 12 heteroatoms. The van der Waals surface area contributed by atoms with Crippen LogP contribution in [0.2, 0.25) is 0 Å². The van der Waals surface area contributed by atoms with E-state index in [4.69, 9.17) is 18.9 Å². The van der Waals surface area contributed by atoms with Crippen LogP contribution in [0.1, 0.15) is 74.1 Å². The Bertz CT molecular complexity index is 1090. The van der Waals surface area contributed by atoms with Crippen LogP contribution in [-0.2, 0) is 28.5 Å². The molecule has 12 nitrogen and oxygen atoms in total. The van der Waals surface area contributed by atoms with Gasteiger partial charge in [0.05, 0.1) is 24.3 Å². The lowest BCUT2D eigenvalue weighted by molar-refractivity contribution is -0.153. The van der Waals surface area contributed by atoms with Gasteiger partial charge in [0, 0.05) is 38.6 Å². The summed E-state index contributed by atoms with van der Waals surface area (Å²) in [7, 11) is 0. The number of aromatic nitrogens is 2. The molecule has 1 fully saturated rings. The Morgan fingerprint density at radius 1 is 0.690 bits per heavy atom. The molecule has 1 saturated heterocycles. The zero-order valence-corrected chi connectivity index (χ0v) is 24.7. The molecule has 0 saturated carbocycles. The lowest BCUT2D eigenvalue weighted by atomic mass is 10.2. The van der Waals surface area contributed by atoms with Gasteiger partial charge in [0.1, 0.15) is 11.6 Å². The van der Waals surface area contributed by atoms with Crippen molar-refractivity contribution < 1.29 is 38.1 Å². The fourth-order valence-electron chi connectivity index (χ4n) is 3.97. The number of esters is 4. The molecule has 0 spiro atoms. The Morgan fingerprint density at radius 2 is 1.07 bits per heavy atom. The van der Waals surface area contributed by atoms with Gasteiger partial charge in [0.25, 0.3) is 0 Å². The van der Waals surface area contributed by atoms with Gasteiger partial charge >= 0.3 is 23.9 Å². The Balaban J connectivity index is 1.46. The number of carbonyl (C=O) groups excluding carboxylic acids is 4. The summed E-state index contributed by atoms with van der Waals surface area (Å²) >= 11 is 0. The number of carbonyl (C=O) groups is 4. The number of hydrogen-bond donors (Lipinski definition) is 0. The Hall–Kier alpha value is -4.22. The van der Waals surface area contributed by atoms with Gasteiger partial charge in [0.2, 0.25) is 0 Å². The van der Waals surface area contributed by atoms with Crippen LogP contribution in [0.4, 0.5) is 11.6 Å². The van der Waals surface area contributed by atoms with E-state index < -0.39 is 36.1 Å². The third kappa shape index (κ3) is 9.42. The predicted octanol–water partition coefficient (Wildman–Crippen LogP) is 3.58. The third-order valence-electron chi connectivity index (χ3n) is 6.61. The van der Waals surface area contributed by atoms with Crippen molar-refractivity contribution in [2.24, 2.45) is 0 Å². The molecule has 1 aliphatic rings. The first-order valence-electron chi connectivity index (χ1n) is 14.4. The largest absolute Gasteiger partial charge is 0.463 e. The Labute approximate surface area is 246 Å². The van der Waals surface area contributed by atoms with E-state index in [1.165, 1.54) is 26.2 Å². The summed E-state index contributed by atoms with van der Waals surface area (Å²) in [5.74, 6) is -0.995. The number of unbranched alkanes of at least 4 members (excludes halogenated alkanes) is 2. The SMILES string of the molecule is CCCCOC(=O)C(C)OC(=O)c1ccc(N2CCN(c3ccc(C(=O)O[C@@H](C)C(=O)OCCCC)cn3)CC2)nc1. The van der Waals surface area contributed by atoms with Gasteiger partial charge in [-0.15, -0.1) is 0 Å². The summed E-state index contributed by atoms with van der Waals surface area (Å²) in [6.45, 7) is 10.2. The highest BCUT2D eigenvalue weighted by Crippen LogP contribution is 2.19. The van der Waals surface area contributed by atoms with Crippen LogP contribution >= 0.6 is 0 Å². The first-order valence-corrected chi connectivity index (χ1v) is 14.4. The number of rotatable bonds is 14. The molecular weight excluding hydrogens is 544 g/mol. The van der Waals surface area contributed by atoms with Gasteiger partial charge in [0.15, 0.2) is 12.2 Å². The standard InChI is InChI=1S/C30H40N4O8/c1-5-7-17-39-27(35)21(3)41-29(37)23-9-11-25(31-19-23)33-13-15-34(16-14-33)26-12-10-24(20-32-26)30(38)42-22(4)28(36)40-18-8-6-2/h9-12,19-22H,5-8,13-18H2,1-4H3/t21-,22?/m0/s1. The van der Waals surface area contributed by atoms with E-state index in [-0.39, 0.29) is 11.1 Å². The van der Waals surface area contributed by atoms with Crippen molar-refractivity contribution in [1.29, 1.82) is 0 Å². The van der Waals surface area contributed by atoms with Crippen molar-refractivity contribution in [3.05, 3.63) is 47.8 Å². The molecule has 0 N–H and O–H groups in total. The van der Waals surface area contributed by atoms with Crippen molar-refractivity contribution in [2.45, 2.75) is 65.6 Å². The first-order chi connectivity index (χ1) is 20.2. The van der Waals surface area contributed by atoms with Crippen molar-refractivity contribution in [3.8, 4) is 0 Å². The second kappa shape index (κ2) is 16.3. The second-order valence-corrected chi connectivity index (χ2v) is 9.92. The summed E-state index contributed by atoms with van der Waals surface area (Å²) in [6, 6.07) is 6.74. The molecule has 42 heavy (non-hydrogen) atoms. The van der Waals surface area contributed by atoms with Gasteiger partial charge < -0.3 is 28.7 Å². The van der Waals surface area contributed by atoms with Crippen LogP contribution in [0.25, 0.3) is 0 Å². The number of nitrogens with zero attached hydrogens (tertiary/aromatic N) is 4. The minimum Gasteiger partial charge on any atom is -0.463 e. The monoisotopic (exact) mass is 584 g/mol. The van der Waals surface area contributed by atoms with E-state index in [0.717, 1.165) is 25.7 Å². The molecule has 1 unspecified atom stereocenters. The minimum atomic E-state index is -1.00. The summed E-state index contributed by atoms with van der Waals surface area (Å²) in [6.07, 6.45) is 4.17. The average Bonchev–Trinajstić information content (AvgIpc) is 3.01. The highest BCUT2D eigenvalue weighted by Gasteiger charge is 2.24. The smallest absolute Gasteiger partial charge is 0.347 e. The van der Waals surface area contributed by atoms with Gasteiger partial charge in [-0.25, -0.2) is 29.1 Å². The molecule has 3 heterocycles. The first kappa shape index (κ1) is 32.3. The molecule has 0 amide bonds. The summed E-state index contributed by atoms with van der Waals surface area (Å²) in [5, 5.41) is 0. The van der Waals surface area contributed by atoms with E-state index in [2.05, 4.69) is 19.8 Å². The molecule has 2 atom stereocenters. The Morgan fingerprint density at radius 3 is 1.38 bits per heavy atom. The Kier molecular flexibility index (Phi) is 12.5. The van der Waals surface area contributed by atoms with E-state index in [9.17, 15) is 19.2 Å². The maximum atomic E-state index is 12.4. The van der Waals surface area contributed by atoms with Gasteiger partial charge in [-0.2, -0.15) is 0 Å². The maximum Gasteiger partial charge on any atom is 0.347 e. The molecule has 1 aliphatic heterocycles. The quantitative estimate of drug-likeness (QED) is 0.182. The second-order valence-electron chi connectivity index (χ2n) is 9.92. The van der Waals surface area contributed by atoms with Crippen LogP contribution < -0.4 is 9.80 Å². The number of ether oxygens (including phenoxy) is 4. The van der Waals surface area contributed by atoms with Crippen LogP contribution in [0, 0.1) is 0 Å². The van der Waals surface area contributed by atoms with Crippen LogP contribution in [0.5, 0.6) is 0 Å². The predicted molar refractivity (Wildman–Crippen MR) is 154 cm³/mol. The molecule has 0 aliphatic carbocycles. The molecule has 0 bridgehead atoms. The van der Waals surface area contributed by atoms with Gasteiger partial charge in [-0.1, -0.05) is 26.7 Å². The summed E-state index contributed by atoms with van der Waals surface area (Å²) < 4.78 is 20.6. The fraction of sp³-hybridized carbons (Fsp3) is 0.533. The van der Waals surface area contributed by atoms with Crippen molar-refractivity contribution in [2.75, 3.05) is 49.2 Å². The summed E-state index contributed by atoms with van der Waals surface area (Å²) in [4.78, 5) is 61.8. The molecular formula is C30H40N4O8. The van der Waals surface area contributed by atoms with E-state index >= 15 is 0 Å². The minimum absolute atomic E-state index is 0.246. The van der Waals surface area contributed by atoms with E-state index in [1.54, 1.807) is 24.3 Å². The van der Waals surface area contributed by atoms with Gasteiger partial charge in [-0.3, -0.25) is 0 Å². The highest BCUT2D eigenvalue weighted by atomic mass is 16.6. The number of anilines is 2. The zero-order valence-electron chi connectivity index (χ0n) is 24.7. The molecule has 228 valence electrons. The number of pyridine rings is 2. The van der Waals surface area contributed by atoms with Crippen LogP contribution in [0.3, 0.4) is 0 Å². The van der Waals surface area contributed by atoms with E-state index in [0.29, 0.717) is 51.0 Å². The van der Waals surface area contributed by atoms with Gasteiger partial charge in [-0.05, 0) is 51.0 Å². The average molecular weight is 585 g/mol. The normalized spacial score (nSPS) is 14.5. The number of hydrogen-bond acceptors (Lipinski definition) is 12. The topological polar surface area (TPSA) is 137 Å². The van der Waals surface area contributed by atoms with Crippen molar-refractivity contribution in [1.82, 2.24) is 9.97 Å². The third-order valence-corrected chi connectivity index (χ3v) is 6.61. The molecule has 2 aromatic heterocycles. The zero-order chi connectivity index (χ0) is 30.5. The lowest BCUT2D eigenvalue weighted by Crippen LogP contribution is -2.47. The number of piperazine rings is 1. The fourth-order valence-corrected chi connectivity index (χ4v) is 3.97. The lowest BCUT2D eigenvalue weighted by Gasteiger charge is -2.36. The van der Waals surface area contributed by atoms with E-state index in [1.807, 2.05) is 13.8 Å². The van der Waals surface area contributed by atoms with Crippen LogP contribution in [0.15, 0.2) is 36.7 Å².